The maximum absolute atomic E-state index is 5.27. The van der Waals surface area contributed by atoms with E-state index in [0.29, 0.717) is 5.41 Å². The molecule has 2 fully saturated rings. The van der Waals surface area contributed by atoms with E-state index < -0.39 is 0 Å². The molecule has 2 aliphatic heterocycles. The van der Waals surface area contributed by atoms with Gasteiger partial charge in [-0.05, 0) is 18.3 Å². The molecular weight excluding hydrogens is 174 g/mol. The van der Waals surface area contributed by atoms with Crippen molar-refractivity contribution in [1.82, 2.24) is 5.32 Å². The van der Waals surface area contributed by atoms with Gasteiger partial charge in [0.2, 0.25) is 0 Å². The summed E-state index contributed by atoms with van der Waals surface area (Å²) in [5.41, 5.74) is 0.665. The van der Waals surface area contributed by atoms with Crippen molar-refractivity contribution in [3.63, 3.8) is 0 Å². The Hall–Kier alpha value is -0.0800. The van der Waals surface area contributed by atoms with Crippen LogP contribution >= 0.6 is 0 Å². The van der Waals surface area contributed by atoms with Crippen LogP contribution in [0.2, 0.25) is 0 Å². The standard InChI is InChI=1S/C7H13NO.C3H8.C2H6/c1-3-9-4-2-7(1)5-8-6-7;1-3-2;1-2/h8H,1-6H2;3H2,1-2H3;1-2H3. The van der Waals surface area contributed by atoms with Crippen LogP contribution in [-0.2, 0) is 4.74 Å². The first-order chi connectivity index (χ1) is 6.83. The van der Waals surface area contributed by atoms with Gasteiger partial charge in [-0.15, -0.1) is 0 Å². The summed E-state index contributed by atoms with van der Waals surface area (Å²) in [6.45, 7) is 12.7. The van der Waals surface area contributed by atoms with Gasteiger partial charge in [0.1, 0.15) is 0 Å². The molecule has 2 nitrogen and oxygen atoms in total. The van der Waals surface area contributed by atoms with E-state index in [1.807, 2.05) is 13.8 Å². The minimum Gasteiger partial charge on any atom is -0.381 e. The van der Waals surface area contributed by atoms with E-state index in [1.54, 1.807) is 0 Å². The topological polar surface area (TPSA) is 21.3 Å². The number of hydrogen-bond acceptors (Lipinski definition) is 2. The minimum absolute atomic E-state index is 0.665. The van der Waals surface area contributed by atoms with Crippen molar-refractivity contribution in [1.29, 1.82) is 0 Å². The molecule has 0 amide bonds. The van der Waals surface area contributed by atoms with Crippen LogP contribution in [0.1, 0.15) is 47.0 Å². The maximum atomic E-state index is 5.27. The molecule has 1 spiro atoms. The zero-order valence-corrected chi connectivity index (χ0v) is 10.4. The molecule has 2 saturated heterocycles. The van der Waals surface area contributed by atoms with E-state index in [9.17, 15) is 0 Å². The Bertz CT molecular complexity index is 113. The molecule has 0 aromatic carbocycles. The maximum Gasteiger partial charge on any atom is 0.0472 e. The molecule has 0 bridgehead atoms. The lowest BCUT2D eigenvalue weighted by molar-refractivity contribution is -0.0130. The van der Waals surface area contributed by atoms with Crippen LogP contribution in [0, 0.1) is 5.41 Å². The van der Waals surface area contributed by atoms with Gasteiger partial charge in [-0.2, -0.15) is 0 Å². The molecule has 0 radical (unpaired) electrons. The third kappa shape index (κ3) is 4.43. The summed E-state index contributed by atoms with van der Waals surface area (Å²) >= 11 is 0. The zero-order valence-electron chi connectivity index (χ0n) is 10.4. The number of rotatable bonds is 0. The Morgan fingerprint density at radius 1 is 1.07 bits per heavy atom. The van der Waals surface area contributed by atoms with E-state index in [2.05, 4.69) is 19.2 Å². The quantitative estimate of drug-likeness (QED) is 0.650. The molecule has 0 aromatic heterocycles. The first-order valence-electron chi connectivity index (χ1n) is 6.11. The van der Waals surface area contributed by atoms with Crippen molar-refractivity contribution < 1.29 is 4.74 Å². The lowest BCUT2D eigenvalue weighted by Crippen LogP contribution is -2.55. The Balaban J connectivity index is 0.000000294. The summed E-state index contributed by atoms with van der Waals surface area (Å²) in [4.78, 5) is 0. The molecule has 2 aliphatic rings. The fraction of sp³-hybridized carbons (Fsp3) is 1.00. The summed E-state index contributed by atoms with van der Waals surface area (Å²) in [6.07, 6.45) is 3.81. The van der Waals surface area contributed by atoms with E-state index in [4.69, 9.17) is 4.74 Å². The lowest BCUT2D eigenvalue weighted by atomic mass is 9.75. The summed E-state index contributed by atoms with van der Waals surface area (Å²) in [5.74, 6) is 0. The van der Waals surface area contributed by atoms with Crippen LogP contribution in [-0.4, -0.2) is 26.3 Å². The summed E-state index contributed by atoms with van der Waals surface area (Å²) in [7, 11) is 0. The molecule has 86 valence electrons. The Labute approximate surface area is 89.4 Å². The highest BCUT2D eigenvalue weighted by atomic mass is 16.5. The van der Waals surface area contributed by atoms with Crippen LogP contribution in [0.15, 0.2) is 0 Å². The fourth-order valence-electron chi connectivity index (χ4n) is 1.64. The molecule has 0 aromatic rings. The van der Waals surface area contributed by atoms with Gasteiger partial charge in [0.25, 0.3) is 0 Å². The number of nitrogens with one attached hydrogen (secondary N) is 1. The van der Waals surface area contributed by atoms with Gasteiger partial charge in [-0.1, -0.05) is 34.1 Å². The molecule has 0 unspecified atom stereocenters. The van der Waals surface area contributed by atoms with Crippen LogP contribution in [0.25, 0.3) is 0 Å². The molecule has 2 heteroatoms. The normalized spacial score (nSPS) is 22.3. The van der Waals surface area contributed by atoms with Crippen molar-refractivity contribution in [2.45, 2.75) is 47.0 Å². The highest BCUT2D eigenvalue weighted by Crippen LogP contribution is 2.33. The lowest BCUT2D eigenvalue weighted by Gasteiger charge is -2.45. The average Bonchev–Trinajstić information content (AvgIpc) is 2.21. The van der Waals surface area contributed by atoms with E-state index in [1.165, 1.54) is 32.4 Å². The van der Waals surface area contributed by atoms with E-state index in [-0.39, 0.29) is 0 Å². The Kier molecular flexibility index (Phi) is 8.20. The summed E-state index contributed by atoms with van der Waals surface area (Å²) < 4.78 is 5.27. The van der Waals surface area contributed by atoms with Gasteiger partial charge >= 0.3 is 0 Å². The molecular formula is C12H27NO. The van der Waals surface area contributed by atoms with Crippen LogP contribution in [0.3, 0.4) is 0 Å². The van der Waals surface area contributed by atoms with Gasteiger partial charge < -0.3 is 10.1 Å². The van der Waals surface area contributed by atoms with Crippen molar-refractivity contribution >= 4 is 0 Å². The highest BCUT2D eigenvalue weighted by molar-refractivity contribution is 4.93. The Morgan fingerprint density at radius 3 is 1.71 bits per heavy atom. The predicted molar refractivity (Wildman–Crippen MR) is 62.7 cm³/mol. The monoisotopic (exact) mass is 201 g/mol. The minimum atomic E-state index is 0.665. The second kappa shape index (κ2) is 8.25. The third-order valence-corrected chi connectivity index (χ3v) is 2.55. The van der Waals surface area contributed by atoms with E-state index in [0.717, 1.165) is 13.2 Å². The SMILES string of the molecule is C1CC2(CCO1)CNC2.CC.CCC. The van der Waals surface area contributed by atoms with E-state index >= 15 is 0 Å². The highest BCUT2D eigenvalue weighted by Gasteiger charge is 2.37. The zero-order chi connectivity index (χ0) is 10.9. The van der Waals surface area contributed by atoms with Gasteiger partial charge in [-0.25, -0.2) is 0 Å². The van der Waals surface area contributed by atoms with Crippen molar-refractivity contribution in [2.75, 3.05) is 26.3 Å². The fourth-order valence-corrected chi connectivity index (χ4v) is 1.64. The first-order valence-corrected chi connectivity index (χ1v) is 6.11. The molecule has 0 aliphatic carbocycles. The van der Waals surface area contributed by atoms with Crippen molar-refractivity contribution in [2.24, 2.45) is 5.41 Å². The molecule has 0 saturated carbocycles. The van der Waals surface area contributed by atoms with Crippen LogP contribution < -0.4 is 5.32 Å². The Morgan fingerprint density at radius 2 is 1.50 bits per heavy atom. The predicted octanol–water partition coefficient (Wildman–Crippen LogP) is 2.83. The number of ether oxygens (including phenoxy) is 1. The molecule has 0 atom stereocenters. The molecule has 1 N–H and O–H groups in total. The smallest absolute Gasteiger partial charge is 0.0472 e. The number of hydrogen-bond donors (Lipinski definition) is 1. The van der Waals surface area contributed by atoms with Gasteiger partial charge in [0.15, 0.2) is 0 Å². The first kappa shape index (κ1) is 13.9. The van der Waals surface area contributed by atoms with Gasteiger partial charge in [0, 0.05) is 26.3 Å². The van der Waals surface area contributed by atoms with Gasteiger partial charge in [0.05, 0.1) is 0 Å². The third-order valence-electron chi connectivity index (χ3n) is 2.55. The largest absolute Gasteiger partial charge is 0.381 e. The summed E-state index contributed by atoms with van der Waals surface area (Å²) in [6, 6.07) is 0. The van der Waals surface area contributed by atoms with Crippen LogP contribution in [0.4, 0.5) is 0 Å². The summed E-state index contributed by atoms with van der Waals surface area (Å²) in [5, 5.41) is 3.32. The van der Waals surface area contributed by atoms with Gasteiger partial charge in [-0.3, -0.25) is 0 Å². The average molecular weight is 201 g/mol. The molecule has 2 heterocycles. The molecule has 14 heavy (non-hydrogen) atoms. The molecule has 2 rings (SSSR count). The second-order valence-corrected chi connectivity index (χ2v) is 3.92. The van der Waals surface area contributed by atoms with Crippen molar-refractivity contribution in [3.8, 4) is 0 Å². The second-order valence-electron chi connectivity index (χ2n) is 3.92. The van der Waals surface area contributed by atoms with Crippen molar-refractivity contribution in [3.05, 3.63) is 0 Å². The van der Waals surface area contributed by atoms with Crippen LogP contribution in [0.5, 0.6) is 0 Å².